The standard InChI is InChI=1S/C26H26F3N3O2/c27-26(28,29)24-13-11-22(16-31-24)32-21-10-12-23(30-15-21)20-8-6-19(7-9-20)18-4-1-17(2-5-18)3-14-25(33)34/h6-13,15-18,32H,1-5,14H2,(H,33,34). The molecule has 8 heteroatoms. The highest BCUT2D eigenvalue weighted by Gasteiger charge is 2.32. The van der Waals surface area contributed by atoms with Crippen LogP contribution in [0, 0.1) is 5.92 Å². The number of carboxylic acids is 1. The van der Waals surface area contributed by atoms with Gasteiger partial charge in [-0.15, -0.1) is 0 Å². The number of nitrogens with zero attached hydrogens (tertiary/aromatic N) is 2. The van der Waals surface area contributed by atoms with Crippen LogP contribution in [-0.2, 0) is 11.0 Å². The molecule has 0 aliphatic heterocycles. The highest BCUT2D eigenvalue weighted by molar-refractivity contribution is 5.66. The molecule has 2 N–H and O–H groups in total. The third kappa shape index (κ3) is 6.12. The summed E-state index contributed by atoms with van der Waals surface area (Å²) >= 11 is 0. The Bertz CT molecular complexity index is 1090. The van der Waals surface area contributed by atoms with Crippen molar-refractivity contribution in [1.82, 2.24) is 9.97 Å². The zero-order chi connectivity index (χ0) is 24.1. The van der Waals surface area contributed by atoms with Crippen LogP contribution in [0.3, 0.4) is 0 Å². The Morgan fingerprint density at radius 3 is 2.09 bits per heavy atom. The van der Waals surface area contributed by atoms with Crippen LogP contribution in [0.2, 0.25) is 0 Å². The van der Waals surface area contributed by atoms with Crippen LogP contribution in [0.5, 0.6) is 0 Å². The van der Waals surface area contributed by atoms with Crippen molar-refractivity contribution in [2.24, 2.45) is 5.92 Å². The van der Waals surface area contributed by atoms with Crippen LogP contribution >= 0.6 is 0 Å². The quantitative estimate of drug-likeness (QED) is 0.388. The SMILES string of the molecule is O=C(O)CCC1CCC(c2ccc(-c3ccc(Nc4ccc(C(F)(F)F)nc4)cn3)cc2)CC1. The van der Waals surface area contributed by atoms with E-state index < -0.39 is 17.8 Å². The van der Waals surface area contributed by atoms with E-state index in [9.17, 15) is 18.0 Å². The van der Waals surface area contributed by atoms with Gasteiger partial charge < -0.3 is 10.4 Å². The summed E-state index contributed by atoms with van der Waals surface area (Å²) in [5, 5.41) is 11.9. The Balaban J connectivity index is 1.33. The van der Waals surface area contributed by atoms with Gasteiger partial charge in [0.1, 0.15) is 5.69 Å². The Morgan fingerprint density at radius 1 is 0.912 bits per heavy atom. The molecule has 0 atom stereocenters. The van der Waals surface area contributed by atoms with Crippen LogP contribution < -0.4 is 5.32 Å². The van der Waals surface area contributed by atoms with Crippen molar-refractivity contribution in [3.63, 3.8) is 0 Å². The van der Waals surface area contributed by atoms with Gasteiger partial charge in [-0.3, -0.25) is 9.78 Å². The number of aromatic nitrogens is 2. The van der Waals surface area contributed by atoms with E-state index in [2.05, 4.69) is 39.6 Å². The number of rotatable bonds is 7. The topological polar surface area (TPSA) is 75.1 Å². The van der Waals surface area contributed by atoms with E-state index in [1.165, 1.54) is 11.6 Å². The molecule has 5 nitrogen and oxygen atoms in total. The predicted molar refractivity (Wildman–Crippen MR) is 124 cm³/mol. The van der Waals surface area contributed by atoms with Crippen molar-refractivity contribution in [2.45, 2.75) is 50.6 Å². The zero-order valence-electron chi connectivity index (χ0n) is 18.6. The van der Waals surface area contributed by atoms with Crippen molar-refractivity contribution >= 4 is 17.3 Å². The van der Waals surface area contributed by atoms with Gasteiger partial charge in [-0.05, 0) is 73.8 Å². The maximum absolute atomic E-state index is 12.6. The fourth-order valence-electron chi connectivity index (χ4n) is 4.48. The maximum atomic E-state index is 12.6. The molecule has 1 aliphatic carbocycles. The average molecular weight is 470 g/mol. The van der Waals surface area contributed by atoms with Crippen LogP contribution in [0.4, 0.5) is 24.5 Å². The number of anilines is 2. The van der Waals surface area contributed by atoms with E-state index in [0.29, 0.717) is 23.2 Å². The minimum absolute atomic E-state index is 0.257. The first-order valence-electron chi connectivity index (χ1n) is 11.4. The molecule has 178 valence electrons. The number of alkyl halides is 3. The second-order valence-electron chi connectivity index (χ2n) is 8.76. The molecule has 0 amide bonds. The Kier molecular flexibility index (Phi) is 7.14. The Labute approximate surface area is 196 Å². The number of halogens is 3. The van der Waals surface area contributed by atoms with Gasteiger partial charge in [0.05, 0.1) is 29.5 Å². The molecule has 0 unspecified atom stereocenters. The molecule has 0 saturated heterocycles. The number of pyridine rings is 2. The first kappa shape index (κ1) is 23.7. The summed E-state index contributed by atoms with van der Waals surface area (Å²) < 4.78 is 37.9. The van der Waals surface area contributed by atoms with Gasteiger partial charge >= 0.3 is 12.1 Å². The largest absolute Gasteiger partial charge is 0.481 e. The molecule has 0 spiro atoms. The molecule has 2 aromatic heterocycles. The number of benzene rings is 1. The van der Waals surface area contributed by atoms with Crippen molar-refractivity contribution in [3.05, 3.63) is 72.2 Å². The van der Waals surface area contributed by atoms with Crippen molar-refractivity contribution in [3.8, 4) is 11.3 Å². The van der Waals surface area contributed by atoms with Gasteiger partial charge in [0, 0.05) is 12.0 Å². The lowest BCUT2D eigenvalue weighted by atomic mass is 9.77. The second kappa shape index (κ2) is 10.2. The number of carboxylic acid groups (broad SMARTS) is 1. The minimum atomic E-state index is -4.46. The Morgan fingerprint density at radius 2 is 1.56 bits per heavy atom. The van der Waals surface area contributed by atoms with Crippen molar-refractivity contribution < 1.29 is 23.1 Å². The van der Waals surface area contributed by atoms with Crippen LogP contribution in [-0.4, -0.2) is 21.0 Å². The van der Waals surface area contributed by atoms with Gasteiger partial charge in [-0.25, -0.2) is 4.98 Å². The summed E-state index contributed by atoms with van der Waals surface area (Å²) in [6.45, 7) is 0. The van der Waals surface area contributed by atoms with E-state index in [0.717, 1.165) is 55.6 Å². The third-order valence-electron chi connectivity index (χ3n) is 6.40. The highest BCUT2D eigenvalue weighted by atomic mass is 19.4. The van der Waals surface area contributed by atoms with E-state index in [4.69, 9.17) is 5.11 Å². The number of hydrogen-bond acceptors (Lipinski definition) is 4. The molecule has 1 saturated carbocycles. The summed E-state index contributed by atoms with van der Waals surface area (Å²) in [6.07, 6.45) is 3.67. The lowest BCUT2D eigenvalue weighted by Gasteiger charge is -2.28. The van der Waals surface area contributed by atoms with Gasteiger partial charge in [-0.1, -0.05) is 24.3 Å². The van der Waals surface area contributed by atoms with Gasteiger partial charge in [0.25, 0.3) is 0 Å². The number of nitrogens with one attached hydrogen (secondary N) is 1. The molecule has 1 aromatic carbocycles. The molecule has 3 aromatic rings. The lowest BCUT2D eigenvalue weighted by molar-refractivity contribution is -0.141. The minimum Gasteiger partial charge on any atom is -0.481 e. The molecule has 1 fully saturated rings. The summed E-state index contributed by atoms with van der Waals surface area (Å²) in [7, 11) is 0. The predicted octanol–water partition coefficient (Wildman–Crippen LogP) is 7.04. The first-order valence-corrected chi connectivity index (χ1v) is 11.4. The molecular weight excluding hydrogens is 443 g/mol. The van der Waals surface area contributed by atoms with Gasteiger partial charge in [0.15, 0.2) is 0 Å². The molecule has 1 aliphatic rings. The number of aliphatic carboxylic acids is 1. The van der Waals surface area contributed by atoms with E-state index in [-0.39, 0.29) is 6.42 Å². The van der Waals surface area contributed by atoms with Crippen molar-refractivity contribution in [2.75, 3.05) is 5.32 Å². The zero-order valence-corrected chi connectivity index (χ0v) is 18.6. The average Bonchev–Trinajstić information content (AvgIpc) is 2.83. The molecular formula is C26H26F3N3O2. The fraction of sp³-hybridized carbons (Fsp3) is 0.346. The Hall–Kier alpha value is -3.42. The van der Waals surface area contributed by atoms with E-state index in [1.54, 1.807) is 6.20 Å². The van der Waals surface area contributed by atoms with Gasteiger partial charge in [0.2, 0.25) is 0 Å². The van der Waals surface area contributed by atoms with Crippen LogP contribution in [0.1, 0.15) is 55.7 Å². The highest BCUT2D eigenvalue weighted by Crippen LogP contribution is 2.38. The summed E-state index contributed by atoms with van der Waals surface area (Å²) in [5.41, 5.74) is 3.27. The number of hydrogen-bond donors (Lipinski definition) is 2. The fourth-order valence-corrected chi connectivity index (χ4v) is 4.48. The second-order valence-corrected chi connectivity index (χ2v) is 8.76. The molecule has 2 heterocycles. The maximum Gasteiger partial charge on any atom is 0.433 e. The monoisotopic (exact) mass is 469 g/mol. The van der Waals surface area contributed by atoms with Gasteiger partial charge in [-0.2, -0.15) is 13.2 Å². The molecule has 0 bridgehead atoms. The third-order valence-corrected chi connectivity index (χ3v) is 6.40. The summed E-state index contributed by atoms with van der Waals surface area (Å²) in [5.74, 6) is 0.306. The first-order chi connectivity index (χ1) is 16.3. The smallest absolute Gasteiger partial charge is 0.433 e. The normalized spacial score (nSPS) is 18.4. The van der Waals surface area contributed by atoms with E-state index >= 15 is 0 Å². The lowest BCUT2D eigenvalue weighted by Crippen LogP contribution is -2.14. The summed E-state index contributed by atoms with van der Waals surface area (Å²) in [4.78, 5) is 18.7. The van der Waals surface area contributed by atoms with Crippen LogP contribution in [0.25, 0.3) is 11.3 Å². The van der Waals surface area contributed by atoms with Crippen molar-refractivity contribution in [1.29, 1.82) is 0 Å². The summed E-state index contributed by atoms with van der Waals surface area (Å²) in [6, 6.07) is 14.4. The molecule has 34 heavy (non-hydrogen) atoms. The van der Waals surface area contributed by atoms with Crippen LogP contribution in [0.15, 0.2) is 60.9 Å². The van der Waals surface area contributed by atoms with E-state index in [1.807, 2.05) is 12.1 Å². The molecule has 4 rings (SSSR count). The number of carbonyl (C=O) groups is 1. The molecule has 0 radical (unpaired) electrons.